The summed E-state index contributed by atoms with van der Waals surface area (Å²) in [7, 11) is 0. The maximum Gasteiger partial charge on any atom is 0.0379 e. The molecule has 1 heteroatoms. The van der Waals surface area contributed by atoms with Crippen molar-refractivity contribution in [2.45, 2.75) is 13.8 Å². The molecular formula is C16H17N. The molecule has 0 aliphatic carbocycles. The molecule has 0 aromatic heterocycles. The number of anilines is 1. The Bertz CT molecular complexity index is 524. The van der Waals surface area contributed by atoms with Gasteiger partial charge in [-0.15, -0.1) is 0 Å². The van der Waals surface area contributed by atoms with Gasteiger partial charge in [0.1, 0.15) is 0 Å². The Morgan fingerprint density at radius 2 is 1.53 bits per heavy atom. The van der Waals surface area contributed by atoms with Gasteiger partial charge in [-0.25, -0.2) is 0 Å². The van der Waals surface area contributed by atoms with Crippen LogP contribution in [0, 0.1) is 13.8 Å². The monoisotopic (exact) mass is 223 g/mol. The molecule has 0 fully saturated rings. The minimum absolute atomic E-state index is 1.06. The molecule has 0 radical (unpaired) electrons. The number of rotatable bonds is 3. The fraction of sp³-hybridized carbons (Fsp3) is 0.125. The maximum atomic E-state index is 3.65. The highest BCUT2D eigenvalue weighted by molar-refractivity contribution is 5.67. The number of benzene rings is 2. The molecule has 0 heterocycles. The van der Waals surface area contributed by atoms with Gasteiger partial charge in [-0.2, -0.15) is 0 Å². The van der Waals surface area contributed by atoms with Crippen molar-refractivity contribution in [2.75, 3.05) is 5.32 Å². The van der Waals surface area contributed by atoms with Crippen LogP contribution in [0.3, 0.4) is 0 Å². The molecule has 0 atom stereocenters. The van der Waals surface area contributed by atoms with Crippen LogP contribution in [-0.4, -0.2) is 0 Å². The summed E-state index contributed by atoms with van der Waals surface area (Å²) in [5, 5.41) is 3.07. The molecule has 0 saturated heterocycles. The van der Waals surface area contributed by atoms with Crippen LogP contribution >= 0.6 is 0 Å². The van der Waals surface area contributed by atoms with Crippen LogP contribution in [0.1, 0.15) is 11.1 Å². The molecule has 2 rings (SSSR count). The topological polar surface area (TPSA) is 12.0 Å². The quantitative estimate of drug-likeness (QED) is 0.806. The Balaban J connectivity index is 2.32. The predicted octanol–water partition coefficient (Wildman–Crippen LogP) is 4.53. The van der Waals surface area contributed by atoms with Crippen molar-refractivity contribution in [3.63, 3.8) is 0 Å². The molecule has 1 nitrogen and oxygen atoms in total. The summed E-state index contributed by atoms with van der Waals surface area (Å²) in [5.74, 6) is 0. The Hall–Kier alpha value is -2.02. The van der Waals surface area contributed by atoms with Crippen molar-refractivity contribution in [3.05, 3.63) is 66.4 Å². The van der Waals surface area contributed by atoms with Crippen molar-refractivity contribution in [1.82, 2.24) is 0 Å². The van der Waals surface area contributed by atoms with Gasteiger partial charge in [0.05, 0.1) is 0 Å². The minimum atomic E-state index is 1.06. The van der Waals surface area contributed by atoms with Crippen LogP contribution in [-0.2, 0) is 0 Å². The largest absolute Gasteiger partial charge is 0.362 e. The highest BCUT2D eigenvalue weighted by Crippen LogP contribution is 2.23. The van der Waals surface area contributed by atoms with Crippen LogP contribution in [0.15, 0.2) is 55.2 Å². The second-order valence-electron chi connectivity index (χ2n) is 4.22. The van der Waals surface area contributed by atoms with E-state index in [1.165, 1.54) is 22.3 Å². The zero-order valence-electron chi connectivity index (χ0n) is 10.3. The smallest absolute Gasteiger partial charge is 0.0379 e. The van der Waals surface area contributed by atoms with Gasteiger partial charge in [0, 0.05) is 5.69 Å². The van der Waals surface area contributed by atoms with E-state index in [1.807, 2.05) is 0 Å². The first-order valence-electron chi connectivity index (χ1n) is 5.76. The Kier molecular flexibility index (Phi) is 3.29. The van der Waals surface area contributed by atoms with E-state index >= 15 is 0 Å². The van der Waals surface area contributed by atoms with E-state index in [1.54, 1.807) is 6.20 Å². The average molecular weight is 223 g/mol. The molecule has 1 N–H and O–H groups in total. The third-order valence-electron chi connectivity index (χ3n) is 2.99. The molecule has 0 aliphatic heterocycles. The molecular weight excluding hydrogens is 206 g/mol. The summed E-state index contributed by atoms with van der Waals surface area (Å²) in [6, 6.07) is 14.9. The molecule has 0 bridgehead atoms. The van der Waals surface area contributed by atoms with Crippen molar-refractivity contribution in [1.29, 1.82) is 0 Å². The number of hydrogen-bond acceptors (Lipinski definition) is 1. The first-order valence-corrected chi connectivity index (χ1v) is 5.76. The zero-order valence-corrected chi connectivity index (χ0v) is 10.3. The first-order chi connectivity index (χ1) is 8.20. The van der Waals surface area contributed by atoms with Crippen molar-refractivity contribution in [2.24, 2.45) is 0 Å². The van der Waals surface area contributed by atoms with Gasteiger partial charge >= 0.3 is 0 Å². The fourth-order valence-electron chi connectivity index (χ4n) is 1.80. The van der Waals surface area contributed by atoms with Crippen LogP contribution in [0.25, 0.3) is 11.1 Å². The minimum Gasteiger partial charge on any atom is -0.362 e. The van der Waals surface area contributed by atoms with E-state index in [2.05, 4.69) is 68.2 Å². The molecule has 0 unspecified atom stereocenters. The van der Waals surface area contributed by atoms with E-state index in [0.717, 1.165) is 5.69 Å². The van der Waals surface area contributed by atoms with E-state index < -0.39 is 0 Å². The van der Waals surface area contributed by atoms with Crippen LogP contribution in [0.5, 0.6) is 0 Å². The van der Waals surface area contributed by atoms with Gasteiger partial charge in [0.2, 0.25) is 0 Å². The van der Waals surface area contributed by atoms with Gasteiger partial charge in [0.25, 0.3) is 0 Å². The van der Waals surface area contributed by atoms with Gasteiger partial charge in [-0.1, -0.05) is 36.9 Å². The van der Waals surface area contributed by atoms with E-state index in [4.69, 9.17) is 0 Å². The standard InChI is InChI=1S/C16H17N/c1-4-17-16-9-7-14(8-10-16)15-6-5-12(2)13(3)11-15/h4-11,17H,1H2,2-3H3. The molecule has 2 aromatic rings. The first kappa shape index (κ1) is 11.5. The predicted molar refractivity (Wildman–Crippen MR) is 75.2 cm³/mol. The Morgan fingerprint density at radius 1 is 0.882 bits per heavy atom. The lowest BCUT2D eigenvalue weighted by molar-refractivity contribution is 1.34. The molecule has 0 amide bonds. The van der Waals surface area contributed by atoms with Crippen LogP contribution in [0.2, 0.25) is 0 Å². The second kappa shape index (κ2) is 4.88. The van der Waals surface area contributed by atoms with Gasteiger partial charge in [-0.3, -0.25) is 0 Å². The SMILES string of the molecule is C=CNc1ccc(-c2ccc(C)c(C)c2)cc1. The lowest BCUT2D eigenvalue weighted by Crippen LogP contribution is -1.86. The lowest BCUT2D eigenvalue weighted by atomic mass is 10.0. The summed E-state index contributed by atoms with van der Waals surface area (Å²) < 4.78 is 0. The highest BCUT2D eigenvalue weighted by Gasteiger charge is 1.99. The average Bonchev–Trinajstić information content (AvgIpc) is 2.34. The number of nitrogens with one attached hydrogen (secondary N) is 1. The van der Waals surface area contributed by atoms with Gasteiger partial charge in [-0.05, 0) is 54.4 Å². The Labute approximate surface area is 103 Å². The molecule has 2 aromatic carbocycles. The summed E-state index contributed by atoms with van der Waals surface area (Å²) >= 11 is 0. The van der Waals surface area contributed by atoms with Gasteiger partial charge < -0.3 is 5.32 Å². The normalized spacial score (nSPS) is 10.0. The number of aryl methyl sites for hydroxylation is 2. The van der Waals surface area contributed by atoms with E-state index in [9.17, 15) is 0 Å². The van der Waals surface area contributed by atoms with E-state index in [0.29, 0.717) is 0 Å². The van der Waals surface area contributed by atoms with E-state index in [-0.39, 0.29) is 0 Å². The third-order valence-corrected chi connectivity index (χ3v) is 2.99. The van der Waals surface area contributed by atoms with Crippen molar-refractivity contribution < 1.29 is 0 Å². The number of hydrogen-bond donors (Lipinski definition) is 1. The lowest BCUT2D eigenvalue weighted by Gasteiger charge is -2.07. The highest BCUT2D eigenvalue weighted by atomic mass is 14.8. The third kappa shape index (κ3) is 2.56. The van der Waals surface area contributed by atoms with Gasteiger partial charge in [0.15, 0.2) is 0 Å². The molecule has 0 saturated carbocycles. The second-order valence-corrected chi connectivity index (χ2v) is 4.22. The maximum absolute atomic E-state index is 3.65. The van der Waals surface area contributed by atoms with Crippen molar-refractivity contribution in [3.8, 4) is 11.1 Å². The summed E-state index contributed by atoms with van der Waals surface area (Å²) in [6.45, 7) is 7.93. The summed E-state index contributed by atoms with van der Waals surface area (Å²) in [6.07, 6.45) is 1.69. The molecule has 0 aliphatic rings. The van der Waals surface area contributed by atoms with Crippen LogP contribution < -0.4 is 5.32 Å². The zero-order chi connectivity index (χ0) is 12.3. The Morgan fingerprint density at radius 3 is 2.12 bits per heavy atom. The van der Waals surface area contributed by atoms with Crippen molar-refractivity contribution >= 4 is 5.69 Å². The fourth-order valence-corrected chi connectivity index (χ4v) is 1.80. The molecule has 86 valence electrons. The summed E-state index contributed by atoms with van der Waals surface area (Å²) in [5.41, 5.74) is 6.23. The van der Waals surface area contributed by atoms with Crippen LogP contribution in [0.4, 0.5) is 5.69 Å². The molecule has 17 heavy (non-hydrogen) atoms. The molecule has 0 spiro atoms. The summed E-state index contributed by atoms with van der Waals surface area (Å²) in [4.78, 5) is 0.